The van der Waals surface area contributed by atoms with Gasteiger partial charge in [0.1, 0.15) is 6.54 Å². The monoisotopic (exact) mass is 413 g/mol. The number of likely N-dealkylation sites (N-methyl/N-ethyl adjacent to an activating group) is 1. The van der Waals surface area contributed by atoms with Crippen LogP contribution in [0.1, 0.15) is 45.4 Å². The third kappa shape index (κ3) is 5.28. The van der Waals surface area contributed by atoms with Crippen molar-refractivity contribution in [2.45, 2.75) is 48.1 Å². The highest BCUT2D eigenvalue weighted by Gasteiger charge is 2.20. The fourth-order valence-corrected chi connectivity index (χ4v) is 3.58. The van der Waals surface area contributed by atoms with Crippen LogP contribution in [-0.4, -0.2) is 47.4 Å². The summed E-state index contributed by atoms with van der Waals surface area (Å²) in [5, 5.41) is 2.91. The maximum atomic E-state index is 12.7. The van der Waals surface area contributed by atoms with E-state index in [9.17, 15) is 14.4 Å². The molecular weight excluding hydrogens is 382 g/mol. The number of nitrogens with one attached hydrogen (secondary N) is 1. The minimum Gasteiger partial charge on any atom is -0.462 e. The normalized spacial score (nSPS) is 10.6. The number of anilines is 1. The molecule has 2 amide bonds. The lowest BCUT2D eigenvalue weighted by atomic mass is 10.1. The van der Waals surface area contributed by atoms with Gasteiger partial charge in [0.05, 0.1) is 18.7 Å². The second-order valence-electron chi connectivity index (χ2n) is 7.66. The number of benzene rings is 1. The van der Waals surface area contributed by atoms with E-state index in [2.05, 4.69) is 5.32 Å². The van der Waals surface area contributed by atoms with Crippen LogP contribution >= 0.6 is 0 Å². The van der Waals surface area contributed by atoms with Gasteiger partial charge in [-0.2, -0.15) is 0 Å². The van der Waals surface area contributed by atoms with Crippen LogP contribution in [0, 0.1) is 34.6 Å². The molecule has 0 atom stereocenters. The minimum atomic E-state index is -0.402. The number of carbonyl (C=O) groups is 3. The van der Waals surface area contributed by atoms with Crippen LogP contribution in [0.3, 0.4) is 0 Å². The van der Waals surface area contributed by atoms with Crippen LogP contribution in [0.4, 0.5) is 5.69 Å². The quantitative estimate of drug-likeness (QED) is 0.706. The lowest BCUT2D eigenvalue weighted by molar-refractivity contribution is -0.133. The minimum absolute atomic E-state index is 0.0451. The topological polar surface area (TPSA) is 80.6 Å². The van der Waals surface area contributed by atoms with Gasteiger partial charge >= 0.3 is 5.97 Å². The Morgan fingerprint density at radius 2 is 1.63 bits per heavy atom. The third-order valence-corrected chi connectivity index (χ3v) is 5.11. The lowest BCUT2D eigenvalue weighted by Gasteiger charge is -2.20. The predicted octanol–water partition coefficient (Wildman–Crippen LogP) is 3.30. The predicted molar refractivity (Wildman–Crippen MR) is 117 cm³/mol. The first-order valence-corrected chi connectivity index (χ1v) is 10.0. The molecule has 2 rings (SSSR count). The van der Waals surface area contributed by atoms with E-state index in [1.54, 1.807) is 31.5 Å². The summed E-state index contributed by atoms with van der Waals surface area (Å²) in [7, 11) is 1.59. The molecule has 0 spiro atoms. The van der Waals surface area contributed by atoms with E-state index < -0.39 is 5.97 Å². The summed E-state index contributed by atoms with van der Waals surface area (Å²) >= 11 is 0. The zero-order valence-corrected chi connectivity index (χ0v) is 18.9. The van der Waals surface area contributed by atoms with Crippen molar-refractivity contribution in [2.75, 3.05) is 25.5 Å². The average Bonchev–Trinajstić information content (AvgIpc) is 2.93. The maximum absolute atomic E-state index is 12.7. The number of amides is 2. The zero-order valence-electron chi connectivity index (χ0n) is 18.9. The summed E-state index contributed by atoms with van der Waals surface area (Å²) in [5.74, 6) is -0.880. The summed E-state index contributed by atoms with van der Waals surface area (Å²) in [5.41, 5.74) is 5.79. The molecule has 1 N–H and O–H groups in total. The van der Waals surface area contributed by atoms with Crippen molar-refractivity contribution >= 4 is 23.5 Å². The van der Waals surface area contributed by atoms with E-state index in [0.29, 0.717) is 17.9 Å². The molecule has 0 bridgehead atoms. The molecule has 162 valence electrons. The Morgan fingerprint density at radius 1 is 1.03 bits per heavy atom. The van der Waals surface area contributed by atoms with Gasteiger partial charge in [-0.05, 0) is 58.7 Å². The van der Waals surface area contributed by atoms with Gasteiger partial charge in [-0.15, -0.1) is 0 Å². The van der Waals surface area contributed by atoms with Crippen LogP contribution in [0.15, 0.2) is 18.2 Å². The van der Waals surface area contributed by atoms with Gasteiger partial charge in [-0.25, -0.2) is 4.79 Å². The number of hydrogen-bond acceptors (Lipinski definition) is 4. The number of hydrogen-bond donors (Lipinski definition) is 1. The smallest absolute Gasteiger partial charge is 0.339 e. The van der Waals surface area contributed by atoms with Gasteiger partial charge < -0.3 is 19.5 Å². The van der Waals surface area contributed by atoms with E-state index >= 15 is 0 Å². The van der Waals surface area contributed by atoms with Crippen molar-refractivity contribution in [3.63, 3.8) is 0 Å². The van der Waals surface area contributed by atoms with Crippen molar-refractivity contribution in [3.8, 4) is 0 Å². The molecule has 1 aromatic heterocycles. The summed E-state index contributed by atoms with van der Waals surface area (Å²) in [6.07, 6.45) is 0. The molecule has 1 heterocycles. The number of esters is 1. The number of carbonyl (C=O) groups excluding carboxylic acids is 3. The fourth-order valence-electron chi connectivity index (χ4n) is 3.58. The molecule has 7 nitrogen and oxygen atoms in total. The summed E-state index contributed by atoms with van der Waals surface area (Å²) in [6, 6.07) is 5.74. The van der Waals surface area contributed by atoms with Crippen molar-refractivity contribution in [3.05, 3.63) is 51.8 Å². The van der Waals surface area contributed by atoms with Crippen LogP contribution < -0.4 is 5.32 Å². The third-order valence-electron chi connectivity index (χ3n) is 5.11. The molecule has 0 fully saturated rings. The molecule has 0 aliphatic heterocycles. The lowest BCUT2D eigenvalue weighted by Crippen LogP contribution is -2.37. The molecule has 30 heavy (non-hydrogen) atoms. The van der Waals surface area contributed by atoms with E-state index in [4.69, 9.17) is 4.74 Å². The highest BCUT2D eigenvalue weighted by atomic mass is 16.5. The van der Waals surface area contributed by atoms with Gasteiger partial charge in [0.15, 0.2) is 0 Å². The number of rotatable bonds is 7. The Labute approximate surface area is 178 Å². The molecule has 2 aromatic rings. The van der Waals surface area contributed by atoms with Crippen LogP contribution in [-0.2, 0) is 20.9 Å². The Morgan fingerprint density at radius 3 is 2.20 bits per heavy atom. The van der Waals surface area contributed by atoms with Gasteiger partial charge in [0.2, 0.25) is 11.8 Å². The van der Waals surface area contributed by atoms with Crippen molar-refractivity contribution < 1.29 is 19.1 Å². The van der Waals surface area contributed by atoms with E-state index in [1.165, 1.54) is 4.90 Å². The summed E-state index contributed by atoms with van der Waals surface area (Å²) in [4.78, 5) is 38.6. The fraction of sp³-hybridized carbons (Fsp3) is 0.435. The standard InChI is InChI=1S/C23H31N3O4/c1-8-30-23(29)19-11-17(5)26(18(19)6)13-21(28)25(7)12-20(27)24-22-15(3)9-14(2)10-16(22)4/h9-11H,8,12-13H2,1-7H3,(H,24,27). The molecule has 1 aromatic carbocycles. The van der Waals surface area contributed by atoms with E-state index in [-0.39, 0.29) is 24.9 Å². The summed E-state index contributed by atoms with van der Waals surface area (Å²) in [6.45, 7) is 11.5. The SMILES string of the molecule is CCOC(=O)c1cc(C)n(CC(=O)N(C)CC(=O)Nc2c(C)cc(C)cc2C)c1C. The second-order valence-corrected chi connectivity index (χ2v) is 7.66. The maximum Gasteiger partial charge on any atom is 0.339 e. The Hall–Kier alpha value is -3.09. The first kappa shape index (κ1) is 23.2. The molecule has 7 heteroatoms. The number of ether oxygens (including phenoxy) is 1. The number of aromatic nitrogens is 1. The number of nitrogens with zero attached hydrogens (tertiary/aromatic N) is 2. The zero-order chi connectivity index (χ0) is 22.6. The Kier molecular flexibility index (Phi) is 7.43. The molecule has 0 radical (unpaired) electrons. The highest BCUT2D eigenvalue weighted by molar-refractivity contribution is 5.96. The molecule has 0 aliphatic rings. The Bertz CT molecular complexity index is 952. The molecule has 0 saturated carbocycles. The first-order valence-electron chi connectivity index (χ1n) is 10.0. The van der Waals surface area contributed by atoms with Crippen LogP contribution in [0.5, 0.6) is 0 Å². The largest absolute Gasteiger partial charge is 0.462 e. The van der Waals surface area contributed by atoms with E-state index in [1.807, 2.05) is 39.8 Å². The number of aryl methyl sites for hydroxylation is 4. The van der Waals surface area contributed by atoms with Crippen molar-refractivity contribution in [1.82, 2.24) is 9.47 Å². The van der Waals surface area contributed by atoms with Gasteiger partial charge in [0.25, 0.3) is 0 Å². The van der Waals surface area contributed by atoms with Crippen LogP contribution in [0.2, 0.25) is 0 Å². The molecule has 0 unspecified atom stereocenters. The average molecular weight is 414 g/mol. The van der Waals surface area contributed by atoms with Crippen LogP contribution in [0.25, 0.3) is 0 Å². The van der Waals surface area contributed by atoms with Gasteiger partial charge in [-0.3, -0.25) is 9.59 Å². The molecule has 0 saturated heterocycles. The first-order chi connectivity index (χ1) is 14.0. The molecular formula is C23H31N3O4. The van der Waals surface area contributed by atoms with Gasteiger partial charge in [-0.1, -0.05) is 17.7 Å². The molecule has 0 aliphatic carbocycles. The summed E-state index contributed by atoms with van der Waals surface area (Å²) < 4.78 is 6.83. The van der Waals surface area contributed by atoms with Crippen molar-refractivity contribution in [2.24, 2.45) is 0 Å². The second kappa shape index (κ2) is 9.61. The van der Waals surface area contributed by atoms with Crippen molar-refractivity contribution in [1.29, 1.82) is 0 Å². The van der Waals surface area contributed by atoms with Gasteiger partial charge in [0, 0.05) is 24.1 Å². The van der Waals surface area contributed by atoms with E-state index in [0.717, 1.165) is 28.1 Å². The Balaban J connectivity index is 2.05. The highest BCUT2D eigenvalue weighted by Crippen LogP contribution is 2.22.